The lowest BCUT2D eigenvalue weighted by Crippen LogP contribution is -2.43. The van der Waals surface area contributed by atoms with Gasteiger partial charge in [-0.3, -0.25) is 18.8 Å². The SMILES string of the molecule is COC(=O)C1=C(OC(=O)CN2C(=O)CCC2=O)c2ccccc2S(=O)(=O)N1C(C)C. The number of methoxy groups -OCH3 is 1. The Morgan fingerprint density at radius 2 is 1.70 bits per heavy atom. The van der Waals surface area contributed by atoms with E-state index in [-0.39, 0.29) is 29.1 Å². The highest BCUT2D eigenvalue weighted by Crippen LogP contribution is 2.39. The zero-order valence-electron chi connectivity index (χ0n) is 16.6. The molecule has 2 amide bonds. The standard InChI is InChI=1S/C19H20N2O8S/c1-11(2)21-17(19(25)28-3)18(12-6-4-5-7-13(12)30(21,26)27)29-16(24)10-20-14(22)8-9-15(20)23/h4-7,11H,8-10H2,1-3H3. The van der Waals surface area contributed by atoms with Gasteiger partial charge < -0.3 is 9.47 Å². The van der Waals surface area contributed by atoms with E-state index in [1.165, 1.54) is 24.3 Å². The van der Waals surface area contributed by atoms with Gasteiger partial charge >= 0.3 is 11.9 Å². The minimum atomic E-state index is -4.13. The van der Waals surface area contributed by atoms with Gasteiger partial charge in [0.15, 0.2) is 11.5 Å². The molecule has 0 saturated carbocycles. The van der Waals surface area contributed by atoms with Crippen molar-refractivity contribution in [2.24, 2.45) is 0 Å². The summed E-state index contributed by atoms with van der Waals surface area (Å²) >= 11 is 0. The molecule has 0 bridgehead atoms. The average Bonchev–Trinajstić information content (AvgIpc) is 3.00. The molecule has 1 aromatic carbocycles. The molecule has 10 nitrogen and oxygen atoms in total. The Kier molecular flexibility index (Phi) is 5.66. The Morgan fingerprint density at radius 1 is 1.10 bits per heavy atom. The molecule has 160 valence electrons. The van der Waals surface area contributed by atoms with Crippen molar-refractivity contribution in [3.8, 4) is 0 Å². The summed E-state index contributed by atoms with van der Waals surface area (Å²) in [6.07, 6.45) is 0.00878. The number of sulfonamides is 1. The van der Waals surface area contributed by atoms with Gasteiger partial charge in [-0.05, 0) is 26.0 Å². The number of esters is 2. The van der Waals surface area contributed by atoms with Crippen molar-refractivity contribution in [1.82, 2.24) is 9.21 Å². The predicted octanol–water partition coefficient (Wildman–Crippen LogP) is 0.633. The molecule has 2 aliphatic heterocycles. The topological polar surface area (TPSA) is 127 Å². The van der Waals surface area contributed by atoms with E-state index in [1.54, 1.807) is 13.8 Å². The summed E-state index contributed by atoms with van der Waals surface area (Å²) in [7, 11) is -3.06. The summed E-state index contributed by atoms with van der Waals surface area (Å²) in [4.78, 5) is 49.2. The Bertz CT molecular complexity index is 1060. The van der Waals surface area contributed by atoms with Crippen molar-refractivity contribution in [1.29, 1.82) is 0 Å². The van der Waals surface area contributed by atoms with E-state index in [2.05, 4.69) is 0 Å². The number of likely N-dealkylation sites (tertiary alicyclic amines) is 1. The highest BCUT2D eigenvalue weighted by atomic mass is 32.2. The molecule has 0 aromatic heterocycles. The van der Waals surface area contributed by atoms with Crippen LogP contribution in [-0.2, 0) is 38.7 Å². The van der Waals surface area contributed by atoms with Crippen LogP contribution < -0.4 is 0 Å². The first-order valence-corrected chi connectivity index (χ1v) is 10.5. The van der Waals surface area contributed by atoms with Crippen molar-refractivity contribution < 1.29 is 37.1 Å². The largest absolute Gasteiger partial charge is 0.464 e. The number of fused-ring (bicyclic) bond motifs is 1. The number of imide groups is 1. The second-order valence-electron chi connectivity index (χ2n) is 6.91. The fourth-order valence-corrected chi connectivity index (χ4v) is 5.18. The monoisotopic (exact) mass is 436 g/mol. The Morgan fingerprint density at radius 3 is 2.27 bits per heavy atom. The van der Waals surface area contributed by atoms with Crippen LogP contribution in [0.1, 0.15) is 32.3 Å². The smallest absolute Gasteiger partial charge is 0.359 e. The number of carbonyl (C=O) groups is 4. The van der Waals surface area contributed by atoms with E-state index in [0.29, 0.717) is 0 Å². The Balaban J connectivity index is 2.11. The maximum atomic E-state index is 13.1. The zero-order valence-corrected chi connectivity index (χ0v) is 17.4. The lowest BCUT2D eigenvalue weighted by molar-refractivity contribution is -0.148. The molecule has 0 unspecified atom stereocenters. The molecule has 2 heterocycles. The van der Waals surface area contributed by atoms with E-state index >= 15 is 0 Å². The molecule has 0 atom stereocenters. The van der Waals surface area contributed by atoms with Crippen molar-refractivity contribution in [2.75, 3.05) is 13.7 Å². The van der Waals surface area contributed by atoms with Crippen molar-refractivity contribution in [3.63, 3.8) is 0 Å². The molecular formula is C19H20N2O8S. The highest BCUT2D eigenvalue weighted by molar-refractivity contribution is 7.89. The fourth-order valence-electron chi connectivity index (χ4n) is 3.33. The first-order chi connectivity index (χ1) is 14.1. The minimum absolute atomic E-state index is 0.00206. The van der Waals surface area contributed by atoms with Crippen LogP contribution in [0, 0.1) is 0 Å². The molecule has 0 aliphatic carbocycles. The third kappa shape index (κ3) is 3.56. The Labute approximate surface area is 173 Å². The summed E-state index contributed by atoms with van der Waals surface area (Å²) < 4.78 is 37.2. The van der Waals surface area contributed by atoms with E-state index in [1.807, 2.05) is 0 Å². The molecule has 0 N–H and O–H groups in total. The van der Waals surface area contributed by atoms with Crippen molar-refractivity contribution in [2.45, 2.75) is 37.6 Å². The first kappa shape index (κ1) is 21.5. The summed E-state index contributed by atoms with van der Waals surface area (Å²) in [5.74, 6) is -3.33. The highest BCUT2D eigenvalue weighted by Gasteiger charge is 2.43. The van der Waals surface area contributed by atoms with Crippen LogP contribution in [-0.4, -0.2) is 61.1 Å². The molecule has 0 radical (unpaired) electrons. The Hall–Kier alpha value is -3.21. The first-order valence-electron chi connectivity index (χ1n) is 9.10. The summed E-state index contributed by atoms with van der Waals surface area (Å²) in [6.45, 7) is 2.46. The number of rotatable bonds is 5. The van der Waals surface area contributed by atoms with Gasteiger partial charge in [0.05, 0.1) is 12.0 Å². The van der Waals surface area contributed by atoms with Crippen molar-refractivity contribution >= 4 is 39.5 Å². The molecule has 0 spiro atoms. The van der Waals surface area contributed by atoms with E-state index < -0.39 is 52.1 Å². The fraction of sp³-hybridized carbons (Fsp3) is 0.368. The van der Waals surface area contributed by atoms with Crippen LogP contribution in [0.25, 0.3) is 5.76 Å². The molecule has 11 heteroatoms. The number of amides is 2. The molecule has 1 saturated heterocycles. The van der Waals surface area contributed by atoms with Gasteiger partial charge in [-0.25, -0.2) is 18.0 Å². The second-order valence-corrected chi connectivity index (χ2v) is 8.69. The lowest BCUT2D eigenvalue weighted by Gasteiger charge is -2.34. The van der Waals surface area contributed by atoms with E-state index in [4.69, 9.17) is 9.47 Å². The number of nitrogens with zero attached hydrogens (tertiary/aromatic N) is 2. The normalized spacial score (nSPS) is 18.0. The maximum absolute atomic E-state index is 13.1. The third-order valence-corrected chi connectivity index (χ3v) is 6.64. The van der Waals surface area contributed by atoms with Crippen LogP contribution >= 0.6 is 0 Å². The van der Waals surface area contributed by atoms with Gasteiger partial charge in [-0.15, -0.1) is 0 Å². The second kappa shape index (κ2) is 7.90. The quantitative estimate of drug-likeness (QED) is 0.486. The van der Waals surface area contributed by atoms with Gasteiger partial charge in [-0.1, -0.05) is 12.1 Å². The van der Waals surface area contributed by atoms with E-state index in [9.17, 15) is 27.6 Å². The molecular weight excluding hydrogens is 416 g/mol. The van der Waals surface area contributed by atoms with Crippen LogP contribution in [0.5, 0.6) is 0 Å². The molecule has 3 rings (SSSR count). The van der Waals surface area contributed by atoms with E-state index in [0.717, 1.165) is 16.3 Å². The lowest BCUT2D eigenvalue weighted by atomic mass is 10.1. The average molecular weight is 436 g/mol. The van der Waals surface area contributed by atoms with Gasteiger partial charge in [0.2, 0.25) is 11.8 Å². The molecule has 2 aliphatic rings. The van der Waals surface area contributed by atoms with Crippen LogP contribution in [0.15, 0.2) is 34.9 Å². The predicted molar refractivity (Wildman–Crippen MR) is 102 cm³/mol. The molecule has 1 aromatic rings. The number of carbonyl (C=O) groups excluding carboxylic acids is 4. The summed E-state index contributed by atoms with van der Waals surface area (Å²) in [5.41, 5.74) is -0.458. The van der Waals surface area contributed by atoms with Gasteiger partial charge in [0.25, 0.3) is 10.0 Å². The van der Waals surface area contributed by atoms with Crippen molar-refractivity contribution in [3.05, 3.63) is 35.5 Å². The number of ether oxygens (including phenoxy) is 2. The maximum Gasteiger partial charge on any atom is 0.359 e. The minimum Gasteiger partial charge on any atom is -0.464 e. The zero-order chi connectivity index (χ0) is 22.2. The van der Waals surface area contributed by atoms with Gasteiger partial charge in [0, 0.05) is 24.4 Å². The van der Waals surface area contributed by atoms with Gasteiger partial charge in [-0.2, -0.15) is 0 Å². The van der Waals surface area contributed by atoms with Crippen LogP contribution in [0.2, 0.25) is 0 Å². The number of hydrogen-bond acceptors (Lipinski definition) is 8. The third-order valence-electron chi connectivity index (χ3n) is 4.61. The summed E-state index contributed by atoms with van der Waals surface area (Å²) in [5, 5.41) is 0. The molecule has 30 heavy (non-hydrogen) atoms. The summed E-state index contributed by atoms with van der Waals surface area (Å²) in [6, 6.07) is 5.04. The number of hydrogen-bond donors (Lipinski definition) is 0. The molecule has 1 fully saturated rings. The van der Waals surface area contributed by atoms with Crippen LogP contribution in [0.3, 0.4) is 0 Å². The van der Waals surface area contributed by atoms with Crippen LogP contribution in [0.4, 0.5) is 0 Å². The number of benzene rings is 1. The van der Waals surface area contributed by atoms with Gasteiger partial charge in [0.1, 0.15) is 6.54 Å².